The molecule has 1 fully saturated rings. The van der Waals surface area contributed by atoms with Gasteiger partial charge in [-0.2, -0.15) is 5.26 Å². The van der Waals surface area contributed by atoms with Crippen LogP contribution in [0.2, 0.25) is 5.02 Å². The number of hydrogen-bond donors (Lipinski definition) is 2. The number of pyridine rings is 1. The maximum absolute atomic E-state index is 9.63. The Balaban J connectivity index is 1.44. The van der Waals surface area contributed by atoms with Gasteiger partial charge >= 0.3 is 0 Å². The number of benzene rings is 1. The van der Waals surface area contributed by atoms with Crippen molar-refractivity contribution >= 4 is 28.9 Å². The number of fused-ring (bicyclic) bond motifs is 1. The molecule has 3 aromatic heterocycles. The molecule has 33 heavy (non-hydrogen) atoms. The maximum Gasteiger partial charge on any atom is 0.223 e. The van der Waals surface area contributed by atoms with Crippen molar-refractivity contribution in [1.82, 2.24) is 24.7 Å². The monoisotopic (exact) mass is 458 g/mol. The van der Waals surface area contributed by atoms with Crippen molar-refractivity contribution in [3.05, 3.63) is 71.1 Å². The van der Waals surface area contributed by atoms with Gasteiger partial charge in [0.15, 0.2) is 5.65 Å². The summed E-state index contributed by atoms with van der Waals surface area (Å²) in [7, 11) is 0. The predicted molar refractivity (Wildman–Crippen MR) is 130 cm³/mol. The highest BCUT2D eigenvalue weighted by Crippen LogP contribution is 2.28. The van der Waals surface area contributed by atoms with Gasteiger partial charge in [0.1, 0.15) is 11.8 Å². The van der Waals surface area contributed by atoms with E-state index >= 15 is 0 Å². The molecular weight excluding hydrogens is 436 g/mol. The highest BCUT2D eigenvalue weighted by Gasteiger charge is 2.17. The first-order chi connectivity index (χ1) is 16.1. The van der Waals surface area contributed by atoms with Crippen LogP contribution in [0.25, 0.3) is 17.0 Å². The molecule has 0 aliphatic carbocycles. The van der Waals surface area contributed by atoms with E-state index in [1.807, 2.05) is 16.7 Å². The number of halogens is 1. The smallest absolute Gasteiger partial charge is 0.223 e. The van der Waals surface area contributed by atoms with Gasteiger partial charge in [0.05, 0.1) is 34.7 Å². The Morgan fingerprint density at radius 3 is 2.82 bits per heavy atom. The molecule has 5 rings (SSSR count). The Bertz CT molecular complexity index is 1340. The second kappa shape index (κ2) is 9.06. The number of piperazine rings is 1. The topological polar surface area (TPSA) is 94.2 Å². The maximum atomic E-state index is 9.63. The fourth-order valence-electron chi connectivity index (χ4n) is 4.07. The number of aromatic nitrogens is 4. The van der Waals surface area contributed by atoms with E-state index in [1.54, 1.807) is 18.5 Å². The highest BCUT2D eigenvalue weighted by atomic mass is 35.5. The molecule has 0 spiro atoms. The number of rotatable bonds is 5. The van der Waals surface area contributed by atoms with Gasteiger partial charge in [0.25, 0.3) is 0 Å². The van der Waals surface area contributed by atoms with Crippen LogP contribution in [-0.2, 0) is 0 Å². The predicted octanol–water partition coefficient (Wildman–Crippen LogP) is 3.90. The Labute approximate surface area is 196 Å². The zero-order chi connectivity index (χ0) is 22.8. The van der Waals surface area contributed by atoms with Gasteiger partial charge in [-0.15, -0.1) is 0 Å². The summed E-state index contributed by atoms with van der Waals surface area (Å²) in [6, 6.07) is 14.3. The molecule has 2 N–H and O–H groups in total. The van der Waals surface area contributed by atoms with Crippen LogP contribution in [0.5, 0.6) is 0 Å². The molecular formula is C24H23ClN8. The van der Waals surface area contributed by atoms with Crippen LogP contribution in [-0.4, -0.2) is 45.5 Å². The van der Waals surface area contributed by atoms with Gasteiger partial charge in [-0.3, -0.25) is 4.40 Å². The third-order valence-corrected chi connectivity index (χ3v) is 6.13. The Kier molecular flexibility index (Phi) is 5.82. The zero-order valence-electron chi connectivity index (χ0n) is 18.2. The molecule has 9 heteroatoms. The van der Waals surface area contributed by atoms with Crippen molar-refractivity contribution in [3.63, 3.8) is 0 Å². The highest BCUT2D eigenvalue weighted by molar-refractivity contribution is 6.33. The number of imidazole rings is 1. The largest absolute Gasteiger partial charge is 0.369 e. The number of nitrogens with zero attached hydrogens (tertiary/aromatic N) is 6. The van der Waals surface area contributed by atoms with E-state index in [9.17, 15) is 5.26 Å². The van der Waals surface area contributed by atoms with Crippen molar-refractivity contribution in [2.75, 3.05) is 36.4 Å². The molecule has 0 saturated carbocycles. The second-order valence-corrected chi connectivity index (χ2v) is 8.37. The van der Waals surface area contributed by atoms with Crippen molar-refractivity contribution in [2.45, 2.75) is 13.0 Å². The molecule has 1 aliphatic rings. The molecule has 1 aromatic carbocycles. The third kappa shape index (κ3) is 4.21. The molecule has 0 bridgehead atoms. The molecule has 4 aromatic rings. The van der Waals surface area contributed by atoms with Gasteiger partial charge in [-0.05, 0) is 36.8 Å². The van der Waals surface area contributed by atoms with Gasteiger partial charge in [-0.25, -0.2) is 15.0 Å². The molecule has 1 saturated heterocycles. The Morgan fingerprint density at radius 2 is 2.00 bits per heavy atom. The lowest BCUT2D eigenvalue weighted by atomic mass is 10.1. The van der Waals surface area contributed by atoms with E-state index < -0.39 is 0 Å². The number of anilines is 2. The van der Waals surface area contributed by atoms with Gasteiger partial charge in [0.2, 0.25) is 5.95 Å². The lowest BCUT2D eigenvalue weighted by Gasteiger charge is -2.30. The summed E-state index contributed by atoms with van der Waals surface area (Å²) in [5.74, 6) is 0.445. The Hall–Kier alpha value is -3.67. The molecule has 4 heterocycles. The second-order valence-electron chi connectivity index (χ2n) is 7.96. The molecule has 1 atom stereocenters. The van der Waals surface area contributed by atoms with Crippen LogP contribution in [0.4, 0.5) is 11.6 Å². The summed E-state index contributed by atoms with van der Waals surface area (Å²) in [6.45, 7) is 6.06. The molecule has 0 unspecified atom stereocenters. The quantitative estimate of drug-likeness (QED) is 0.468. The lowest BCUT2D eigenvalue weighted by Crippen LogP contribution is -2.43. The minimum atomic E-state index is -0.0229. The number of nitriles is 1. The van der Waals surface area contributed by atoms with Crippen LogP contribution >= 0.6 is 11.6 Å². The van der Waals surface area contributed by atoms with Crippen molar-refractivity contribution in [3.8, 4) is 17.5 Å². The van der Waals surface area contributed by atoms with Crippen molar-refractivity contribution < 1.29 is 0 Å². The summed E-state index contributed by atoms with van der Waals surface area (Å²) in [5, 5.41) is 16.9. The van der Waals surface area contributed by atoms with Crippen molar-refractivity contribution in [2.24, 2.45) is 0 Å². The van der Waals surface area contributed by atoms with Gasteiger partial charge in [-0.1, -0.05) is 23.7 Å². The summed E-state index contributed by atoms with van der Waals surface area (Å²) in [6.07, 6.45) is 5.07. The number of hydrogen-bond acceptors (Lipinski definition) is 7. The van der Waals surface area contributed by atoms with E-state index in [0.717, 1.165) is 31.7 Å². The van der Waals surface area contributed by atoms with E-state index in [0.29, 0.717) is 33.6 Å². The van der Waals surface area contributed by atoms with Gasteiger partial charge in [0, 0.05) is 38.1 Å². The van der Waals surface area contributed by atoms with Crippen LogP contribution < -0.4 is 15.5 Å². The number of nitrogens with one attached hydrogen (secondary N) is 2. The zero-order valence-corrected chi connectivity index (χ0v) is 18.9. The first kappa shape index (κ1) is 21.2. The van der Waals surface area contributed by atoms with Crippen LogP contribution in [0, 0.1) is 11.3 Å². The van der Waals surface area contributed by atoms with E-state index in [-0.39, 0.29) is 6.04 Å². The molecule has 0 amide bonds. The van der Waals surface area contributed by atoms with Gasteiger partial charge < -0.3 is 15.5 Å². The van der Waals surface area contributed by atoms with E-state index in [2.05, 4.69) is 67.7 Å². The van der Waals surface area contributed by atoms with Crippen LogP contribution in [0.1, 0.15) is 24.1 Å². The minimum absolute atomic E-state index is 0.0229. The van der Waals surface area contributed by atoms with E-state index in [1.165, 1.54) is 5.69 Å². The molecule has 1 aliphatic heterocycles. The lowest BCUT2D eigenvalue weighted by molar-refractivity contribution is 0.589. The van der Waals surface area contributed by atoms with Crippen LogP contribution in [0.3, 0.4) is 0 Å². The first-order valence-corrected chi connectivity index (χ1v) is 11.2. The Morgan fingerprint density at radius 1 is 1.15 bits per heavy atom. The third-order valence-electron chi connectivity index (χ3n) is 5.84. The minimum Gasteiger partial charge on any atom is -0.369 e. The fourth-order valence-corrected chi connectivity index (χ4v) is 4.28. The molecule has 8 nitrogen and oxygen atoms in total. The average Bonchev–Trinajstić information content (AvgIpc) is 3.30. The molecule has 166 valence electrons. The SMILES string of the molecule is C[C@H](Nc1ncc(C#N)c(-c2cnc3c(Cl)cccn23)n1)c1cccc(N2CCNCC2)c1. The molecule has 0 radical (unpaired) electrons. The summed E-state index contributed by atoms with van der Waals surface area (Å²) in [4.78, 5) is 15.8. The fraction of sp³-hybridized carbons (Fsp3) is 0.250. The van der Waals surface area contributed by atoms with E-state index in [4.69, 9.17) is 11.6 Å². The standard InChI is InChI=1S/C24H23ClN8/c1-16(17-4-2-5-19(12-17)32-10-7-27-8-11-32)30-24-29-14-18(13-26)22(31-24)21-15-28-23-20(25)6-3-9-33(21)23/h2-6,9,12,14-16,27H,7-8,10-11H2,1H3,(H,29,30,31)/t16-/m0/s1. The normalized spacial score (nSPS) is 14.8. The average molecular weight is 459 g/mol. The summed E-state index contributed by atoms with van der Waals surface area (Å²) < 4.78 is 1.83. The first-order valence-electron chi connectivity index (χ1n) is 10.9. The van der Waals surface area contributed by atoms with Crippen LogP contribution in [0.15, 0.2) is 55.0 Å². The van der Waals surface area contributed by atoms with Crippen molar-refractivity contribution in [1.29, 1.82) is 5.26 Å². The summed E-state index contributed by atoms with van der Waals surface area (Å²) >= 11 is 6.27. The summed E-state index contributed by atoms with van der Waals surface area (Å²) in [5.41, 5.74) is 4.53.